The highest BCUT2D eigenvalue weighted by molar-refractivity contribution is 9.10. The van der Waals surface area contributed by atoms with Crippen LogP contribution in [0.3, 0.4) is 0 Å². The quantitative estimate of drug-likeness (QED) is 0.175. The lowest BCUT2D eigenvalue weighted by Crippen LogP contribution is -2.39. The summed E-state index contributed by atoms with van der Waals surface area (Å²) in [5.41, 5.74) is 2.02. The zero-order valence-electron chi connectivity index (χ0n) is 23.9. The number of aromatic nitrogens is 1. The molecule has 44 heavy (non-hydrogen) atoms. The minimum absolute atomic E-state index is 0.212. The Kier molecular flexibility index (Phi) is 10.2. The Morgan fingerprint density at radius 2 is 1.77 bits per heavy atom. The molecule has 1 atom stereocenters. The first-order chi connectivity index (χ1) is 21.2. The van der Waals surface area contributed by atoms with Crippen LogP contribution < -0.4 is 29.1 Å². The predicted octanol–water partition coefficient (Wildman–Crippen LogP) is 6.46. The molecule has 0 bridgehead atoms. The lowest BCUT2D eigenvalue weighted by atomic mass is 9.97. The van der Waals surface area contributed by atoms with Gasteiger partial charge in [0.25, 0.3) is 5.56 Å². The van der Waals surface area contributed by atoms with Gasteiger partial charge < -0.3 is 18.9 Å². The second-order valence-corrected chi connectivity index (χ2v) is 12.1. The highest BCUT2D eigenvalue weighted by Crippen LogP contribution is 2.37. The van der Waals surface area contributed by atoms with Crippen LogP contribution in [0.25, 0.3) is 6.08 Å². The highest BCUT2D eigenvalue weighted by atomic mass is 79.9. The summed E-state index contributed by atoms with van der Waals surface area (Å²) < 4.78 is 25.0. The minimum Gasteiger partial charge on any atom is -0.490 e. The summed E-state index contributed by atoms with van der Waals surface area (Å²) in [6.07, 6.45) is 3.17. The summed E-state index contributed by atoms with van der Waals surface area (Å²) in [6.45, 7) is 4.85. The molecule has 0 saturated carbocycles. The summed E-state index contributed by atoms with van der Waals surface area (Å²) in [7, 11) is 1.29. The van der Waals surface area contributed by atoms with Crippen molar-refractivity contribution in [2.75, 3.05) is 20.3 Å². The number of ether oxygens (including phenoxy) is 4. The average molecular weight is 718 g/mol. The molecule has 2 heterocycles. The normalized spacial score (nSPS) is 14.4. The van der Waals surface area contributed by atoms with Crippen LogP contribution in [0.1, 0.15) is 36.6 Å². The van der Waals surface area contributed by atoms with Crippen LogP contribution in [0, 0.1) is 0 Å². The number of fused-ring (bicyclic) bond motifs is 1. The third kappa shape index (κ3) is 6.58. The third-order valence-corrected chi connectivity index (χ3v) is 8.89. The maximum Gasteiger partial charge on any atom is 0.337 e. The molecule has 228 valence electrons. The van der Waals surface area contributed by atoms with Crippen molar-refractivity contribution < 1.29 is 23.7 Å². The largest absolute Gasteiger partial charge is 0.490 e. The molecule has 1 aromatic heterocycles. The van der Waals surface area contributed by atoms with Crippen molar-refractivity contribution in [3.05, 3.63) is 117 Å². The van der Waals surface area contributed by atoms with Gasteiger partial charge in [-0.25, -0.2) is 9.79 Å². The summed E-state index contributed by atoms with van der Waals surface area (Å²) >= 11 is 17.6. The van der Waals surface area contributed by atoms with Crippen LogP contribution in [-0.2, 0) is 16.1 Å². The number of benzene rings is 3. The predicted molar refractivity (Wildman–Crippen MR) is 175 cm³/mol. The SMILES string of the molecule is CCOc1ccc([C@@H]2C(C(=O)OC)=CN=c3s/c(=C\c4cc(Cl)c(OCc5ccccc5Cl)c(Br)c4)c(=O)n32)cc1OCC. The summed E-state index contributed by atoms with van der Waals surface area (Å²) in [6, 6.07) is 15.5. The lowest BCUT2D eigenvalue weighted by Gasteiger charge is -2.23. The first kappa shape index (κ1) is 31.8. The number of nitrogens with zero attached hydrogens (tertiary/aromatic N) is 2. The Morgan fingerprint density at radius 3 is 2.48 bits per heavy atom. The number of rotatable bonds is 10. The van der Waals surface area contributed by atoms with Gasteiger partial charge in [0.05, 0.1) is 46.0 Å². The first-order valence-electron chi connectivity index (χ1n) is 13.6. The maximum atomic E-state index is 13.9. The monoisotopic (exact) mass is 716 g/mol. The molecular formula is C32H27BrCl2N2O6S. The lowest BCUT2D eigenvalue weighted by molar-refractivity contribution is -0.136. The van der Waals surface area contributed by atoms with Gasteiger partial charge in [0.1, 0.15) is 6.61 Å². The van der Waals surface area contributed by atoms with Crippen LogP contribution in [0.5, 0.6) is 17.2 Å². The third-order valence-electron chi connectivity index (χ3n) is 6.66. The summed E-state index contributed by atoms with van der Waals surface area (Å²) in [5, 5.41) is 0.953. The topological polar surface area (TPSA) is 88.4 Å². The Morgan fingerprint density at radius 1 is 1.02 bits per heavy atom. The van der Waals surface area contributed by atoms with E-state index in [1.807, 2.05) is 38.1 Å². The van der Waals surface area contributed by atoms with Gasteiger partial charge in [0.15, 0.2) is 22.0 Å². The molecule has 0 spiro atoms. The fraction of sp³-hybridized carbons (Fsp3) is 0.219. The molecule has 1 aliphatic rings. The molecule has 0 saturated heterocycles. The fourth-order valence-corrected chi connectivity index (χ4v) is 6.85. The van der Waals surface area contributed by atoms with Gasteiger partial charge in [-0.2, -0.15) is 0 Å². The van der Waals surface area contributed by atoms with E-state index in [0.717, 1.165) is 5.56 Å². The second kappa shape index (κ2) is 14.0. The molecule has 0 amide bonds. The number of carbonyl (C=O) groups excluding carboxylic acids is 1. The number of esters is 1. The van der Waals surface area contributed by atoms with Crippen LogP contribution >= 0.6 is 50.5 Å². The summed E-state index contributed by atoms with van der Waals surface area (Å²) in [5.74, 6) is 0.930. The number of halogens is 3. The van der Waals surface area contributed by atoms with Gasteiger partial charge in [-0.15, -0.1) is 0 Å². The molecular weight excluding hydrogens is 691 g/mol. The van der Waals surface area contributed by atoms with Crippen molar-refractivity contribution in [2.24, 2.45) is 4.99 Å². The van der Waals surface area contributed by atoms with Crippen molar-refractivity contribution >= 4 is 62.5 Å². The molecule has 0 aliphatic carbocycles. The highest BCUT2D eigenvalue weighted by Gasteiger charge is 2.31. The molecule has 0 radical (unpaired) electrons. The van der Waals surface area contributed by atoms with Crippen molar-refractivity contribution in [2.45, 2.75) is 26.5 Å². The molecule has 12 heteroatoms. The van der Waals surface area contributed by atoms with E-state index in [-0.39, 0.29) is 17.7 Å². The van der Waals surface area contributed by atoms with E-state index < -0.39 is 12.0 Å². The van der Waals surface area contributed by atoms with Gasteiger partial charge in [0, 0.05) is 16.8 Å². The van der Waals surface area contributed by atoms with E-state index >= 15 is 0 Å². The van der Waals surface area contributed by atoms with E-state index in [0.29, 0.717) is 65.4 Å². The fourth-order valence-electron chi connectivity index (χ4n) is 4.70. The summed E-state index contributed by atoms with van der Waals surface area (Å²) in [4.78, 5) is 31.6. The van der Waals surface area contributed by atoms with Crippen LogP contribution in [0.2, 0.25) is 10.0 Å². The van der Waals surface area contributed by atoms with Gasteiger partial charge in [-0.05, 0) is 77.3 Å². The number of carbonyl (C=O) groups is 1. The Bertz CT molecular complexity index is 1910. The molecule has 4 aromatic rings. The van der Waals surface area contributed by atoms with Crippen LogP contribution in [0.4, 0.5) is 0 Å². The van der Waals surface area contributed by atoms with Gasteiger partial charge in [-0.1, -0.05) is 58.8 Å². The zero-order chi connectivity index (χ0) is 31.4. The second-order valence-electron chi connectivity index (χ2n) is 9.44. The molecule has 0 unspecified atom stereocenters. The molecule has 1 aliphatic heterocycles. The van der Waals surface area contributed by atoms with E-state index in [1.165, 1.54) is 29.2 Å². The molecule has 3 aromatic carbocycles. The Balaban J connectivity index is 1.55. The zero-order valence-corrected chi connectivity index (χ0v) is 27.8. The van der Waals surface area contributed by atoms with Gasteiger partial charge in [0.2, 0.25) is 0 Å². The van der Waals surface area contributed by atoms with E-state index in [9.17, 15) is 9.59 Å². The van der Waals surface area contributed by atoms with E-state index in [1.54, 1.807) is 36.4 Å². The van der Waals surface area contributed by atoms with E-state index in [2.05, 4.69) is 20.9 Å². The van der Waals surface area contributed by atoms with Crippen LogP contribution in [-0.4, -0.2) is 30.9 Å². The van der Waals surface area contributed by atoms with Crippen molar-refractivity contribution in [3.63, 3.8) is 0 Å². The smallest absolute Gasteiger partial charge is 0.337 e. The van der Waals surface area contributed by atoms with Crippen LogP contribution in [0.15, 0.2) is 80.6 Å². The Hall–Kier alpha value is -3.57. The average Bonchev–Trinajstić information content (AvgIpc) is 3.32. The molecule has 0 N–H and O–H groups in total. The molecule has 0 fully saturated rings. The number of thiazole rings is 1. The minimum atomic E-state index is -0.799. The van der Waals surface area contributed by atoms with Gasteiger partial charge in [-0.3, -0.25) is 9.36 Å². The molecule has 8 nitrogen and oxygen atoms in total. The van der Waals surface area contributed by atoms with Crippen molar-refractivity contribution in [1.29, 1.82) is 0 Å². The van der Waals surface area contributed by atoms with E-state index in [4.69, 9.17) is 42.1 Å². The number of methoxy groups -OCH3 is 1. The number of hydrogen-bond acceptors (Lipinski definition) is 8. The van der Waals surface area contributed by atoms with Crippen molar-refractivity contribution in [3.8, 4) is 17.2 Å². The van der Waals surface area contributed by atoms with Gasteiger partial charge >= 0.3 is 5.97 Å². The van der Waals surface area contributed by atoms with Crippen molar-refractivity contribution in [1.82, 2.24) is 4.57 Å². The maximum absolute atomic E-state index is 13.9. The molecule has 5 rings (SSSR count). The first-order valence-corrected chi connectivity index (χ1v) is 16.0. The standard InChI is InChI=1S/C32H27BrCl2N2O6S/c1-4-41-25-11-10-19(15-26(25)42-5-2)28-21(31(39)40-3)16-36-32-37(28)30(38)27(44-32)14-18-12-22(33)29(24(35)13-18)43-17-20-8-6-7-9-23(20)34/h6-16,28H,4-5,17H2,1-3H3/b27-14-/t28-/m1/s1. The number of hydrogen-bond donors (Lipinski definition) is 0. The Labute approximate surface area is 275 Å².